The van der Waals surface area contributed by atoms with Gasteiger partial charge in [-0.25, -0.2) is 0 Å². The van der Waals surface area contributed by atoms with Crippen LogP contribution >= 0.6 is 12.4 Å². The highest BCUT2D eigenvalue weighted by atomic mass is 35.5. The summed E-state index contributed by atoms with van der Waals surface area (Å²) in [6.07, 6.45) is 5.29. The summed E-state index contributed by atoms with van der Waals surface area (Å²) in [5, 5.41) is 6.66. The van der Waals surface area contributed by atoms with E-state index in [4.69, 9.17) is 4.74 Å². The lowest BCUT2D eigenvalue weighted by Gasteiger charge is -2.39. The third-order valence-corrected chi connectivity index (χ3v) is 4.98. The molecule has 0 bridgehead atoms. The molecule has 2 atom stereocenters. The number of methoxy groups -OCH3 is 1. The minimum Gasteiger partial charge on any atom is -0.384 e. The van der Waals surface area contributed by atoms with E-state index in [0.29, 0.717) is 12.6 Å². The van der Waals surface area contributed by atoms with Crippen LogP contribution in [0, 0.1) is 17.3 Å². The molecule has 5 heteroatoms. The molecule has 2 fully saturated rings. The Balaban J connectivity index is 0.00000220. The van der Waals surface area contributed by atoms with Crippen molar-refractivity contribution >= 4 is 18.3 Å². The minimum absolute atomic E-state index is 0. The van der Waals surface area contributed by atoms with E-state index < -0.39 is 0 Å². The second-order valence-electron chi connectivity index (χ2n) is 7.05. The summed E-state index contributed by atoms with van der Waals surface area (Å²) in [4.78, 5) is 12.8. The number of ether oxygens (including phenoxy) is 1. The van der Waals surface area contributed by atoms with Gasteiger partial charge in [0.15, 0.2) is 0 Å². The van der Waals surface area contributed by atoms with Crippen LogP contribution in [0.5, 0.6) is 0 Å². The zero-order valence-electron chi connectivity index (χ0n) is 13.6. The smallest absolute Gasteiger partial charge is 0.228 e. The van der Waals surface area contributed by atoms with Crippen molar-refractivity contribution in [1.29, 1.82) is 0 Å². The largest absolute Gasteiger partial charge is 0.384 e. The highest BCUT2D eigenvalue weighted by Crippen LogP contribution is 2.32. The highest BCUT2D eigenvalue weighted by molar-refractivity contribution is 5.85. The average Bonchev–Trinajstić information content (AvgIpc) is 2.38. The lowest BCUT2D eigenvalue weighted by Crippen LogP contribution is -2.53. The van der Waals surface area contributed by atoms with Crippen LogP contribution < -0.4 is 10.6 Å². The first-order valence-corrected chi connectivity index (χ1v) is 8.06. The van der Waals surface area contributed by atoms with Gasteiger partial charge in [-0.3, -0.25) is 4.79 Å². The number of amides is 1. The molecule has 21 heavy (non-hydrogen) atoms. The molecule has 0 aromatic carbocycles. The first kappa shape index (κ1) is 18.7. The van der Waals surface area contributed by atoms with Crippen molar-refractivity contribution < 1.29 is 9.53 Å². The van der Waals surface area contributed by atoms with Gasteiger partial charge in [0.1, 0.15) is 0 Å². The first-order valence-electron chi connectivity index (χ1n) is 8.06. The molecule has 1 amide bonds. The van der Waals surface area contributed by atoms with Crippen LogP contribution in [0.15, 0.2) is 0 Å². The zero-order valence-corrected chi connectivity index (χ0v) is 14.4. The summed E-state index contributed by atoms with van der Waals surface area (Å²) < 4.78 is 5.35. The fourth-order valence-electron chi connectivity index (χ4n) is 4.02. The van der Waals surface area contributed by atoms with E-state index in [2.05, 4.69) is 24.5 Å². The normalized spacial score (nSPS) is 32.0. The maximum absolute atomic E-state index is 12.8. The molecule has 0 aromatic heterocycles. The Morgan fingerprint density at radius 1 is 1.19 bits per heavy atom. The van der Waals surface area contributed by atoms with Crippen molar-refractivity contribution in [1.82, 2.24) is 10.6 Å². The van der Waals surface area contributed by atoms with Gasteiger partial charge in [0, 0.05) is 13.2 Å². The van der Waals surface area contributed by atoms with Crippen LogP contribution in [0.2, 0.25) is 0 Å². The molecule has 2 N–H and O–H groups in total. The summed E-state index contributed by atoms with van der Waals surface area (Å²) in [5.74, 6) is 1.65. The van der Waals surface area contributed by atoms with Gasteiger partial charge in [0.05, 0.1) is 12.0 Å². The molecule has 2 aliphatic rings. The number of hydrogen-bond donors (Lipinski definition) is 2. The second kappa shape index (κ2) is 8.35. The molecule has 1 aliphatic carbocycles. The molecule has 4 nitrogen and oxygen atoms in total. The number of rotatable bonds is 4. The Hall–Kier alpha value is -0.320. The molecule has 0 spiro atoms. The van der Waals surface area contributed by atoms with E-state index in [1.165, 1.54) is 6.42 Å². The number of nitrogens with one attached hydrogen (secondary N) is 2. The molecule has 0 aromatic rings. The third kappa shape index (κ3) is 4.83. The van der Waals surface area contributed by atoms with Gasteiger partial charge in [-0.1, -0.05) is 13.8 Å². The average molecular weight is 319 g/mol. The standard InChI is InChI=1S/C16H30N2O2.ClH/c1-12-8-13(2)10-14(9-12)18-15(19)16(11-20-3)4-6-17-7-5-16;/h12-14,17H,4-11H2,1-3H3,(H,18,19);1H. The van der Waals surface area contributed by atoms with Crippen molar-refractivity contribution in [3.05, 3.63) is 0 Å². The number of carbonyl (C=O) groups is 1. The van der Waals surface area contributed by atoms with E-state index in [0.717, 1.165) is 50.6 Å². The summed E-state index contributed by atoms with van der Waals surface area (Å²) in [7, 11) is 1.70. The Morgan fingerprint density at radius 2 is 1.76 bits per heavy atom. The summed E-state index contributed by atoms with van der Waals surface area (Å²) >= 11 is 0. The van der Waals surface area contributed by atoms with Crippen LogP contribution in [-0.4, -0.2) is 38.8 Å². The first-order chi connectivity index (χ1) is 9.55. The van der Waals surface area contributed by atoms with Crippen LogP contribution in [0.1, 0.15) is 46.0 Å². The lowest BCUT2D eigenvalue weighted by atomic mass is 9.76. The van der Waals surface area contributed by atoms with Gasteiger partial charge in [-0.05, 0) is 57.0 Å². The van der Waals surface area contributed by atoms with Gasteiger partial charge >= 0.3 is 0 Å². The predicted octanol–water partition coefficient (Wildman–Crippen LogP) is 2.37. The molecule has 124 valence electrons. The summed E-state index contributed by atoms with van der Waals surface area (Å²) in [6.45, 7) is 6.95. The van der Waals surface area contributed by atoms with Gasteiger partial charge < -0.3 is 15.4 Å². The zero-order chi connectivity index (χ0) is 14.6. The molecular weight excluding hydrogens is 288 g/mol. The molecule has 1 heterocycles. The maximum atomic E-state index is 12.8. The molecule has 1 aliphatic heterocycles. The molecule has 1 saturated carbocycles. The Labute approximate surface area is 135 Å². The Kier molecular flexibility index (Phi) is 7.45. The minimum atomic E-state index is -0.316. The highest BCUT2D eigenvalue weighted by Gasteiger charge is 2.40. The molecule has 1 saturated heterocycles. The third-order valence-electron chi connectivity index (χ3n) is 4.98. The number of carbonyl (C=O) groups excluding carboxylic acids is 1. The quantitative estimate of drug-likeness (QED) is 0.836. The molecule has 2 rings (SSSR count). The van der Waals surface area contributed by atoms with E-state index >= 15 is 0 Å². The fourth-order valence-corrected chi connectivity index (χ4v) is 4.02. The number of halogens is 1. The van der Waals surface area contributed by atoms with E-state index in [-0.39, 0.29) is 23.7 Å². The van der Waals surface area contributed by atoms with E-state index in [9.17, 15) is 4.79 Å². The van der Waals surface area contributed by atoms with Gasteiger partial charge in [0.25, 0.3) is 0 Å². The van der Waals surface area contributed by atoms with Crippen LogP contribution in [0.3, 0.4) is 0 Å². The number of piperidine rings is 1. The summed E-state index contributed by atoms with van der Waals surface area (Å²) in [6, 6.07) is 0.352. The van der Waals surface area contributed by atoms with Gasteiger partial charge in [-0.2, -0.15) is 0 Å². The maximum Gasteiger partial charge on any atom is 0.228 e. The predicted molar refractivity (Wildman–Crippen MR) is 87.8 cm³/mol. The van der Waals surface area contributed by atoms with Crippen LogP contribution in [-0.2, 0) is 9.53 Å². The number of hydrogen-bond acceptors (Lipinski definition) is 3. The van der Waals surface area contributed by atoms with E-state index in [1.54, 1.807) is 7.11 Å². The van der Waals surface area contributed by atoms with Crippen molar-refractivity contribution in [2.45, 2.75) is 52.0 Å². The van der Waals surface area contributed by atoms with E-state index in [1.807, 2.05) is 0 Å². The van der Waals surface area contributed by atoms with Crippen molar-refractivity contribution in [2.24, 2.45) is 17.3 Å². The SMILES string of the molecule is COCC1(C(=O)NC2CC(C)CC(C)C2)CCNCC1.Cl. The van der Waals surface area contributed by atoms with Crippen LogP contribution in [0.4, 0.5) is 0 Å². The van der Waals surface area contributed by atoms with Gasteiger partial charge in [-0.15, -0.1) is 12.4 Å². The molecule has 2 unspecified atom stereocenters. The Morgan fingerprint density at radius 3 is 2.29 bits per heavy atom. The second-order valence-corrected chi connectivity index (χ2v) is 7.05. The van der Waals surface area contributed by atoms with Gasteiger partial charge in [0.2, 0.25) is 5.91 Å². The molecule has 0 radical (unpaired) electrons. The molecular formula is C16H31ClN2O2. The Bertz CT molecular complexity index is 317. The van der Waals surface area contributed by atoms with Crippen molar-refractivity contribution in [2.75, 3.05) is 26.8 Å². The lowest BCUT2D eigenvalue weighted by molar-refractivity contribution is -0.137. The van der Waals surface area contributed by atoms with Crippen molar-refractivity contribution in [3.8, 4) is 0 Å². The topological polar surface area (TPSA) is 50.4 Å². The summed E-state index contributed by atoms with van der Waals surface area (Å²) in [5.41, 5.74) is -0.316. The van der Waals surface area contributed by atoms with Crippen LogP contribution in [0.25, 0.3) is 0 Å². The fraction of sp³-hybridized carbons (Fsp3) is 0.938. The van der Waals surface area contributed by atoms with Crippen molar-refractivity contribution in [3.63, 3.8) is 0 Å². The monoisotopic (exact) mass is 318 g/mol.